The smallest absolute Gasteiger partial charge is 0.336 e. The first-order valence-corrected chi connectivity index (χ1v) is 5.34. The average molecular weight is 251 g/mol. The quantitative estimate of drug-likeness (QED) is 0.654. The minimum Gasteiger partial charge on any atom is -0.481 e. The summed E-state index contributed by atoms with van der Waals surface area (Å²) in [6.45, 7) is 0.194. The predicted octanol–water partition coefficient (Wildman–Crippen LogP) is 0.979. The Balaban J connectivity index is 2.61. The molecule has 0 heterocycles. The zero-order valence-corrected chi connectivity index (χ0v) is 9.55. The lowest BCUT2D eigenvalue weighted by molar-refractivity contribution is -0.137. The van der Waals surface area contributed by atoms with Gasteiger partial charge >= 0.3 is 11.9 Å². The van der Waals surface area contributed by atoms with Crippen molar-refractivity contribution in [3.63, 3.8) is 0 Å². The van der Waals surface area contributed by atoms with Crippen LogP contribution in [0.1, 0.15) is 33.6 Å². The standard InChI is InChI=1S/C12H13NO5/c14-10(15)6-3-7-13-11(16)8-4-1-2-5-9(8)12(17)18/h1-2,4-5H,3,6-7H2,(H,13,16)(H,14,15)(H,17,18). The lowest BCUT2D eigenvalue weighted by Crippen LogP contribution is -2.26. The molecule has 3 N–H and O–H groups in total. The molecule has 0 aliphatic heterocycles. The zero-order valence-electron chi connectivity index (χ0n) is 9.55. The van der Waals surface area contributed by atoms with Gasteiger partial charge in [-0.05, 0) is 18.6 Å². The number of benzene rings is 1. The van der Waals surface area contributed by atoms with Crippen molar-refractivity contribution in [2.75, 3.05) is 6.54 Å². The molecule has 1 amide bonds. The van der Waals surface area contributed by atoms with E-state index in [0.717, 1.165) is 0 Å². The fraction of sp³-hybridized carbons (Fsp3) is 0.250. The van der Waals surface area contributed by atoms with E-state index in [0.29, 0.717) is 6.42 Å². The monoisotopic (exact) mass is 251 g/mol. The molecule has 0 atom stereocenters. The highest BCUT2D eigenvalue weighted by Crippen LogP contribution is 2.08. The highest BCUT2D eigenvalue weighted by atomic mass is 16.4. The number of aliphatic carboxylic acids is 1. The molecule has 6 nitrogen and oxygen atoms in total. The van der Waals surface area contributed by atoms with Gasteiger partial charge in [0.15, 0.2) is 0 Å². The van der Waals surface area contributed by atoms with Crippen molar-refractivity contribution < 1.29 is 24.6 Å². The third-order valence-corrected chi connectivity index (χ3v) is 2.26. The van der Waals surface area contributed by atoms with Crippen molar-refractivity contribution in [1.82, 2.24) is 5.32 Å². The van der Waals surface area contributed by atoms with Crippen LogP contribution in [0.4, 0.5) is 0 Å². The van der Waals surface area contributed by atoms with Crippen molar-refractivity contribution >= 4 is 17.8 Å². The van der Waals surface area contributed by atoms with E-state index in [1.54, 1.807) is 6.07 Å². The normalized spacial score (nSPS) is 9.78. The van der Waals surface area contributed by atoms with Crippen LogP contribution in [0.15, 0.2) is 24.3 Å². The van der Waals surface area contributed by atoms with Crippen LogP contribution in [0, 0.1) is 0 Å². The number of aromatic carboxylic acids is 1. The van der Waals surface area contributed by atoms with Gasteiger partial charge in [-0.25, -0.2) is 4.79 Å². The molecule has 0 fully saturated rings. The van der Waals surface area contributed by atoms with E-state index in [4.69, 9.17) is 10.2 Å². The minimum absolute atomic E-state index is 0.0408. The van der Waals surface area contributed by atoms with Crippen LogP contribution in [-0.2, 0) is 4.79 Å². The summed E-state index contributed by atoms with van der Waals surface area (Å²) in [5, 5.41) is 19.8. The summed E-state index contributed by atoms with van der Waals surface area (Å²) in [5.74, 6) is -2.63. The molecule has 0 radical (unpaired) electrons. The number of rotatable bonds is 6. The van der Waals surface area contributed by atoms with Crippen molar-refractivity contribution in [1.29, 1.82) is 0 Å². The maximum absolute atomic E-state index is 11.7. The Bertz CT molecular complexity index is 469. The summed E-state index contributed by atoms with van der Waals surface area (Å²) in [7, 11) is 0. The van der Waals surface area contributed by atoms with E-state index in [-0.39, 0.29) is 24.1 Å². The number of nitrogens with one attached hydrogen (secondary N) is 1. The summed E-state index contributed by atoms with van der Waals surface area (Å²) < 4.78 is 0. The lowest BCUT2D eigenvalue weighted by atomic mass is 10.1. The number of hydrogen-bond acceptors (Lipinski definition) is 3. The van der Waals surface area contributed by atoms with Gasteiger partial charge in [-0.2, -0.15) is 0 Å². The maximum atomic E-state index is 11.7. The van der Waals surface area contributed by atoms with Crippen LogP contribution in [-0.4, -0.2) is 34.6 Å². The zero-order chi connectivity index (χ0) is 13.5. The van der Waals surface area contributed by atoms with Crippen LogP contribution < -0.4 is 5.32 Å². The molecule has 6 heteroatoms. The molecule has 1 rings (SSSR count). The molecule has 0 saturated carbocycles. The minimum atomic E-state index is -1.17. The second-order valence-electron chi connectivity index (χ2n) is 3.60. The molecular weight excluding hydrogens is 238 g/mol. The molecule has 1 aromatic carbocycles. The summed E-state index contributed by atoms with van der Waals surface area (Å²) in [6, 6.07) is 5.85. The van der Waals surface area contributed by atoms with Crippen LogP contribution >= 0.6 is 0 Å². The molecule has 0 bridgehead atoms. The first-order chi connectivity index (χ1) is 8.52. The molecule has 18 heavy (non-hydrogen) atoms. The van der Waals surface area contributed by atoms with Crippen LogP contribution in [0.3, 0.4) is 0 Å². The topological polar surface area (TPSA) is 104 Å². The number of carbonyl (C=O) groups excluding carboxylic acids is 1. The van der Waals surface area contributed by atoms with Gasteiger partial charge in [0.1, 0.15) is 0 Å². The van der Waals surface area contributed by atoms with Gasteiger partial charge in [-0.3, -0.25) is 9.59 Å². The number of carboxylic acid groups (broad SMARTS) is 2. The molecule has 96 valence electrons. The highest BCUT2D eigenvalue weighted by molar-refractivity contribution is 6.04. The van der Waals surface area contributed by atoms with Gasteiger partial charge in [0, 0.05) is 13.0 Å². The Hall–Kier alpha value is -2.37. The summed E-state index contributed by atoms with van der Waals surface area (Å²) in [4.78, 5) is 32.8. The molecular formula is C12H13NO5. The van der Waals surface area contributed by atoms with Crippen molar-refractivity contribution in [3.05, 3.63) is 35.4 Å². The Morgan fingerprint density at radius 2 is 1.67 bits per heavy atom. The average Bonchev–Trinajstić information content (AvgIpc) is 2.34. The number of carbonyl (C=O) groups is 3. The molecule has 0 aliphatic carbocycles. The SMILES string of the molecule is O=C(O)CCCNC(=O)c1ccccc1C(=O)O. The van der Waals surface area contributed by atoms with Crippen LogP contribution in [0.5, 0.6) is 0 Å². The summed E-state index contributed by atoms with van der Waals surface area (Å²) in [5.41, 5.74) is -0.00596. The van der Waals surface area contributed by atoms with Crippen LogP contribution in [0.2, 0.25) is 0 Å². The first kappa shape index (κ1) is 13.7. The van der Waals surface area contributed by atoms with Crippen molar-refractivity contribution in [2.45, 2.75) is 12.8 Å². The maximum Gasteiger partial charge on any atom is 0.336 e. The van der Waals surface area contributed by atoms with Gasteiger partial charge in [-0.15, -0.1) is 0 Å². The van der Waals surface area contributed by atoms with Gasteiger partial charge in [0.25, 0.3) is 5.91 Å². The molecule has 0 aliphatic rings. The predicted molar refractivity (Wildman–Crippen MR) is 62.6 cm³/mol. The Morgan fingerprint density at radius 3 is 2.22 bits per heavy atom. The third kappa shape index (κ3) is 3.89. The molecule has 0 unspecified atom stereocenters. The van der Waals surface area contributed by atoms with Crippen molar-refractivity contribution in [3.8, 4) is 0 Å². The van der Waals surface area contributed by atoms with Gasteiger partial charge in [0.2, 0.25) is 0 Å². The molecule has 0 spiro atoms. The second kappa shape index (κ2) is 6.39. The fourth-order valence-electron chi connectivity index (χ4n) is 1.40. The van der Waals surface area contributed by atoms with Gasteiger partial charge in [0.05, 0.1) is 11.1 Å². The number of hydrogen-bond donors (Lipinski definition) is 3. The summed E-state index contributed by atoms with van der Waals surface area (Å²) in [6.07, 6.45) is 0.261. The Labute approximate surface area is 103 Å². The third-order valence-electron chi connectivity index (χ3n) is 2.26. The Kier molecular flexibility index (Phi) is 4.86. The van der Waals surface area contributed by atoms with Crippen molar-refractivity contribution in [2.24, 2.45) is 0 Å². The van der Waals surface area contributed by atoms with Gasteiger partial charge < -0.3 is 15.5 Å². The van der Waals surface area contributed by atoms with E-state index >= 15 is 0 Å². The molecule has 0 aromatic heterocycles. The lowest BCUT2D eigenvalue weighted by Gasteiger charge is -2.06. The highest BCUT2D eigenvalue weighted by Gasteiger charge is 2.14. The largest absolute Gasteiger partial charge is 0.481 e. The fourth-order valence-corrected chi connectivity index (χ4v) is 1.40. The van der Waals surface area contributed by atoms with E-state index in [2.05, 4.69) is 5.32 Å². The molecule has 1 aromatic rings. The number of carboxylic acids is 2. The van der Waals surface area contributed by atoms with E-state index in [9.17, 15) is 14.4 Å². The Morgan fingerprint density at radius 1 is 1.06 bits per heavy atom. The van der Waals surface area contributed by atoms with E-state index in [1.165, 1.54) is 18.2 Å². The van der Waals surface area contributed by atoms with Gasteiger partial charge in [-0.1, -0.05) is 12.1 Å². The number of amides is 1. The van der Waals surface area contributed by atoms with Crippen LogP contribution in [0.25, 0.3) is 0 Å². The second-order valence-corrected chi connectivity index (χ2v) is 3.60. The molecule has 0 saturated heterocycles. The van der Waals surface area contributed by atoms with E-state index in [1.807, 2.05) is 0 Å². The summed E-state index contributed by atoms with van der Waals surface area (Å²) >= 11 is 0. The first-order valence-electron chi connectivity index (χ1n) is 5.34. The van der Waals surface area contributed by atoms with E-state index < -0.39 is 17.8 Å².